The van der Waals surface area contributed by atoms with E-state index in [4.69, 9.17) is 10.8 Å². The summed E-state index contributed by atoms with van der Waals surface area (Å²) in [5.74, 6) is -1.76. The van der Waals surface area contributed by atoms with E-state index in [2.05, 4.69) is 4.98 Å². The second-order valence-electron chi connectivity index (χ2n) is 3.49. The van der Waals surface area contributed by atoms with Crippen molar-refractivity contribution in [3.05, 3.63) is 35.3 Å². The number of carbonyl (C=O) groups is 1. The van der Waals surface area contributed by atoms with Gasteiger partial charge in [0, 0.05) is 11.1 Å². The smallest absolute Gasteiger partial charge is 0.354 e. The summed E-state index contributed by atoms with van der Waals surface area (Å²) in [6.45, 7) is 1.68. The predicted octanol–water partition coefficient (Wildman–Crippen LogP) is 1.96. The van der Waals surface area contributed by atoms with Gasteiger partial charge < -0.3 is 10.8 Å². The number of rotatable bonds is 1. The molecule has 0 radical (unpaired) electrons. The first-order valence-electron chi connectivity index (χ1n) is 4.59. The number of halogens is 1. The molecule has 0 fully saturated rings. The van der Waals surface area contributed by atoms with Crippen molar-refractivity contribution < 1.29 is 14.3 Å². The van der Waals surface area contributed by atoms with Gasteiger partial charge in [-0.3, -0.25) is 0 Å². The van der Waals surface area contributed by atoms with Crippen LogP contribution in [0.15, 0.2) is 18.2 Å². The molecule has 1 aromatic carbocycles. The van der Waals surface area contributed by atoms with E-state index in [1.165, 1.54) is 18.2 Å². The monoisotopic (exact) mass is 220 g/mol. The molecule has 0 aliphatic carbocycles. The standard InChI is InChI=1S/C11H9FN2O2/c1-5-4-7(12)10-6(9(5)13)2-3-8(14-10)11(15)16/h2-4H,13H2,1H3,(H,15,16). The molecule has 5 heteroatoms. The van der Waals surface area contributed by atoms with E-state index in [1.54, 1.807) is 6.92 Å². The number of anilines is 1. The van der Waals surface area contributed by atoms with Gasteiger partial charge in [-0.05, 0) is 30.7 Å². The number of nitrogen functional groups attached to an aromatic ring is 1. The molecule has 0 amide bonds. The van der Waals surface area contributed by atoms with Gasteiger partial charge in [0.1, 0.15) is 17.0 Å². The van der Waals surface area contributed by atoms with Gasteiger partial charge in [-0.2, -0.15) is 0 Å². The molecular weight excluding hydrogens is 211 g/mol. The number of carboxylic acid groups (broad SMARTS) is 1. The molecule has 0 aliphatic heterocycles. The van der Waals surface area contributed by atoms with Crippen molar-refractivity contribution in [2.45, 2.75) is 6.92 Å². The SMILES string of the molecule is Cc1cc(F)c2nc(C(=O)O)ccc2c1N. The maximum absolute atomic E-state index is 13.6. The van der Waals surface area contributed by atoms with Gasteiger partial charge in [0.15, 0.2) is 0 Å². The lowest BCUT2D eigenvalue weighted by Crippen LogP contribution is -2.02. The first kappa shape index (κ1) is 10.4. The molecule has 3 N–H and O–H groups in total. The van der Waals surface area contributed by atoms with Crippen molar-refractivity contribution in [2.75, 3.05) is 5.73 Å². The molecule has 0 bridgehead atoms. The summed E-state index contributed by atoms with van der Waals surface area (Å²) in [6.07, 6.45) is 0. The van der Waals surface area contributed by atoms with Crippen molar-refractivity contribution in [2.24, 2.45) is 0 Å². The van der Waals surface area contributed by atoms with Crippen molar-refractivity contribution in [1.29, 1.82) is 0 Å². The van der Waals surface area contributed by atoms with Gasteiger partial charge in [-0.1, -0.05) is 0 Å². The third-order valence-corrected chi connectivity index (χ3v) is 2.40. The minimum atomic E-state index is -1.19. The number of nitrogens with zero attached hydrogens (tertiary/aromatic N) is 1. The van der Waals surface area contributed by atoms with Gasteiger partial charge >= 0.3 is 5.97 Å². The molecule has 0 atom stereocenters. The summed E-state index contributed by atoms with van der Waals surface area (Å²) in [4.78, 5) is 14.4. The van der Waals surface area contributed by atoms with Crippen LogP contribution < -0.4 is 5.73 Å². The van der Waals surface area contributed by atoms with E-state index >= 15 is 0 Å². The number of benzene rings is 1. The van der Waals surface area contributed by atoms with Crippen molar-refractivity contribution >= 4 is 22.6 Å². The highest BCUT2D eigenvalue weighted by Gasteiger charge is 2.12. The Hall–Kier alpha value is -2.17. The highest BCUT2D eigenvalue weighted by Crippen LogP contribution is 2.26. The van der Waals surface area contributed by atoms with E-state index in [0.717, 1.165) is 0 Å². The highest BCUT2D eigenvalue weighted by atomic mass is 19.1. The van der Waals surface area contributed by atoms with Crippen molar-refractivity contribution in [1.82, 2.24) is 4.98 Å². The maximum atomic E-state index is 13.6. The van der Waals surface area contributed by atoms with Crippen LogP contribution in [0.3, 0.4) is 0 Å². The number of pyridine rings is 1. The van der Waals surface area contributed by atoms with Crippen molar-refractivity contribution in [3.8, 4) is 0 Å². The molecule has 0 aliphatic rings. The lowest BCUT2D eigenvalue weighted by atomic mass is 10.1. The van der Waals surface area contributed by atoms with Gasteiger partial charge in [0.05, 0.1) is 0 Å². The lowest BCUT2D eigenvalue weighted by molar-refractivity contribution is 0.0691. The number of aryl methyl sites for hydroxylation is 1. The van der Waals surface area contributed by atoms with Crippen LogP contribution in [0.4, 0.5) is 10.1 Å². The Morgan fingerprint density at radius 1 is 1.50 bits per heavy atom. The summed E-state index contributed by atoms with van der Waals surface area (Å²) < 4.78 is 13.6. The largest absolute Gasteiger partial charge is 0.477 e. The fourth-order valence-electron chi connectivity index (χ4n) is 1.53. The van der Waals surface area contributed by atoms with Crippen molar-refractivity contribution in [3.63, 3.8) is 0 Å². The molecule has 0 saturated heterocycles. The fourth-order valence-corrected chi connectivity index (χ4v) is 1.53. The minimum Gasteiger partial charge on any atom is -0.477 e. The summed E-state index contributed by atoms with van der Waals surface area (Å²) in [5, 5.41) is 9.18. The highest BCUT2D eigenvalue weighted by molar-refractivity contribution is 5.95. The first-order valence-corrected chi connectivity index (χ1v) is 4.59. The summed E-state index contributed by atoms with van der Waals surface area (Å²) in [7, 11) is 0. The average molecular weight is 220 g/mol. The lowest BCUT2D eigenvalue weighted by Gasteiger charge is -2.06. The third-order valence-electron chi connectivity index (χ3n) is 2.40. The van der Waals surface area contributed by atoms with E-state index in [9.17, 15) is 9.18 Å². The number of aromatic carboxylic acids is 1. The zero-order chi connectivity index (χ0) is 11.9. The van der Waals surface area contributed by atoms with Crippen LogP contribution in [0.1, 0.15) is 16.1 Å². The summed E-state index contributed by atoms with van der Waals surface area (Å²) in [5.41, 5.74) is 6.57. The molecule has 2 rings (SSSR count). The van der Waals surface area contributed by atoms with Crippen LogP contribution in [-0.2, 0) is 0 Å². The number of hydrogen-bond acceptors (Lipinski definition) is 3. The van der Waals surface area contributed by atoms with Gasteiger partial charge in [-0.25, -0.2) is 14.2 Å². The number of fused-ring (bicyclic) bond motifs is 1. The topological polar surface area (TPSA) is 76.2 Å². The number of nitrogens with two attached hydrogens (primary N) is 1. The first-order chi connectivity index (χ1) is 7.50. The Balaban J connectivity index is 2.84. The summed E-state index contributed by atoms with van der Waals surface area (Å²) in [6, 6.07) is 4.02. The molecule has 1 heterocycles. The molecule has 16 heavy (non-hydrogen) atoms. The normalized spacial score (nSPS) is 10.6. The number of aromatic nitrogens is 1. The van der Waals surface area contributed by atoms with Crippen LogP contribution >= 0.6 is 0 Å². The van der Waals surface area contributed by atoms with Gasteiger partial charge in [0.2, 0.25) is 0 Å². The third kappa shape index (κ3) is 1.46. The van der Waals surface area contributed by atoms with Crippen LogP contribution in [-0.4, -0.2) is 16.1 Å². The zero-order valence-corrected chi connectivity index (χ0v) is 8.49. The van der Waals surface area contributed by atoms with E-state index < -0.39 is 11.8 Å². The zero-order valence-electron chi connectivity index (χ0n) is 8.49. The predicted molar refractivity (Wildman–Crippen MR) is 57.8 cm³/mol. The van der Waals surface area contributed by atoms with E-state index in [0.29, 0.717) is 16.6 Å². The molecule has 0 spiro atoms. The van der Waals surface area contributed by atoms with E-state index in [-0.39, 0.29) is 11.2 Å². The van der Waals surface area contributed by atoms with Gasteiger partial charge in [0.25, 0.3) is 0 Å². The maximum Gasteiger partial charge on any atom is 0.354 e. The quantitative estimate of drug-likeness (QED) is 0.720. The average Bonchev–Trinajstić information content (AvgIpc) is 2.25. The molecule has 0 saturated carbocycles. The van der Waals surface area contributed by atoms with Crippen LogP contribution in [0, 0.1) is 12.7 Å². The Kier molecular flexibility index (Phi) is 2.23. The second-order valence-corrected chi connectivity index (χ2v) is 3.49. The Labute approximate surface area is 90.5 Å². The number of carboxylic acids is 1. The Bertz CT molecular complexity index is 596. The molecule has 0 unspecified atom stereocenters. The second kappa shape index (κ2) is 3.44. The molecule has 2 aromatic rings. The number of hydrogen-bond donors (Lipinski definition) is 2. The van der Waals surface area contributed by atoms with Gasteiger partial charge in [-0.15, -0.1) is 0 Å². The van der Waals surface area contributed by atoms with Crippen LogP contribution in [0.2, 0.25) is 0 Å². The molecule has 1 aromatic heterocycles. The Morgan fingerprint density at radius 2 is 2.19 bits per heavy atom. The summed E-state index contributed by atoms with van der Waals surface area (Å²) >= 11 is 0. The molecular formula is C11H9FN2O2. The van der Waals surface area contributed by atoms with E-state index in [1.807, 2.05) is 0 Å². The Morgan fingerprint density at radius 3 is 2.81 bits per heavy atom. The fraction of sp³-hybridized carbons (Fsp3) is 0.0909. The van der Waals surface area contributed by atoms with Crippen LogP contribution in [0.5, 0.6) is 0 Å². The molecule has 4 nitrogen and oxygen atoms in total. The molecule has 82 valence electrons. The van der Waals surface area contributed by atoms with Crippen LogP contribution in [0.25, 0.3) is 10.9 Å². The minimum absolute atomic E-state index is 0.0111.